The minimum Gasteiger partial charge on any atom is -0.543 e. The van der Waals surface area contributed by atoms with Crippen LogP contribution in [-0.4, -0.2) is 15.4 Å². The van der Waals surface area contributed by atoms with Crippen molar-refractivity contribution in [2.75, 3.05) is 7.11 Å². The summed E-state index contributed by atoms with van der Waals surface area (Å²) >= 11 is 0. The van der Waals surface area contributed by atoms with Gasteiger partial charge in [0.15, 0.2) is 0 Å². The number of benzene rings is 3. The molecule has 0 spiro atoms. The first kappa shape index (κ1) is 20.5. The van der Waals surface area contributed by atoms with E-state index in [0.717, 1.165) is 28.2 Å². The summed E-state index contributed by atoms with van der Waals surface area (Å²) in [6.45, 7) is 15.7. The van der Waals surface area contributed by atoms with Gasteiger partial charge in [0.05, 0.1) is 7.11 Å². The summed E-state index contributed by atoms with van der Waals surface area (Å²) < 4.78 is 12.6. The summed E-state index contributed by atoms with van der Waals surface area (Å²) in [7, 11) is -0.261. The van der Waals surface area contributed by atoms with E-state index in [2.05, 4.69) is 96.2 Å². The topological polar surface area (TPSA) is 18.5 Å². The molecule has 0 saturated carbocycles. The van der Waals surface area contributed by atoms with Gasteiger partial charge in [-0.3, -0.25) is 0 Å². The zero-order valence-corrected chi connectivity index (χ0v) is 19.4. The minimum atomic E-state index is -2.00. The maximum absolute atomic E-state index is 6.90. The van der Waals surface area contributed by atoms with Gasteiger partial charge in [0.1, 0.15) is 11.5 Å². The molecule has 0 radical (unpaired) electrons. The molecule has 0 aliphatic rings. The van der Waals surface area contributed by atoms with Crippen molar-refractivity contribution < 1.29 is 9.16 Å². The predicted octanol–water partition coefficient (Wildman–Crippen LogP) is 7.52. The lowest BCUT2D eigenvalue weighted by atomic mass is 9.92. The monoisotopic (exact) mass is 392 g/mol. The number of rotatable bonds is 4. The van der Waals surface area contributed by atoms with Gasteiger partial charge in [-0.1, -0.05) is 63.2 Å². The summed E-state index contributed by atoms with van der Waals surface area (Å²) in [5.41, 5.74) is 4.60. The third kappa shape index (κ3) is 3.56. The zero-order valence-electron chi connectivity index (χ0n) is 18.4. The number of hydrogen-bond acceptors (Lipinski definition) is 2. The zero-order chi connectivity index (χ0) is 20.7. The second-order valence-electron chi connectivity index (χ2n) is 9.11. The third-order valence-corrected chi connectivity index (χ3v) is 10.4. The van der Waals surface area contributed by atoms with E-state index in [4.69, 9.17) is 9.16 Å². The van der Waals surface area contributed by atoms with E-state index in [1.54, 1.807) is 7.11 Å². The van der Waals surface area contributed by atoms with Crippen LogP contribution in [0.15, 0.2) is 48.5 Å². The van der Waals surface area contributed by atoms with Crippen molar-refractivity contribution in [3.63, 3.8) is 0 Å². The predicted molar refractivity (Wildman–Crippen MR) is 123 cm³/mol. The molecule has 0 heterocycles. The molecule has 28 heavy (non-hydrogen) atoms. The molecule has 3 heteroatoms. The first-order valence-corrected chi connectivity index (χ1v) is 12.8. The van der Waals surface area contributed by atoms with Crippen LogP contribution in [0.1, 0.15) is 31.9 Å². The Bertz CT molecular complexity index is 1010. The van der Waals surface area contributed by atoms with Crippen LogP contribution in [0, 0.1) is 13.8 Å². The molecule has 0 unspecified atom stereocenters. The van der Waals surface area contributed by atoms with Crippen molar-refractivity contribution in [3.05, 3.63) is 59.7 Å². The second-order valence-corrected chi connectivity index (χ2v) is 13.8. The smallest absolute Gasteiger partial charge is 0.250 e. The van der Waals surface area contributed by atoms with Crippen molar-refractivity contribution in [3.8, 4) is 22.6 Å². The van der Waals surface area contributed by atoms with Gasteiger partial charge in [0.2, 0.25) is 0 Å². The number of hydrogen-bond donors (Lipinski definition) is 0. The summed E-state index contributed by atoms with van der Waals surface area (Å²) in [6, 6.07) is 17.1. The summed E-state index contributed by atoms with van der Waals surface area (Å²) in [6.07, 6.45) is 0. The molecule has 3 aromatic carbocycles. The number of fused-ring (bicyclic) bond motifs is 1. The Morgan fingerprint density at radius 3 is 2.18 bits per heavy atom. The summed E-state index contributed by atoms with van der Waals surface area (Å²) in [5, 5.41) is 2.60. The summed E-state index contributed by atoms with van der Waals surface area (Å²) in [4.78, 5) is 0. The second kappa shape index (κ2) is 7.29. The number of ether oxygens (including phenoxy) is 1. The Balaban J connectivity index is 2.34. The molecule has 3 aromatic rings. The molecule has 148 valence electrons. The average molecular weight is 393 g/mol. The molecule has 0 N–H and O–H groups in total. The van der Waals surface area contributed by atoms with E-state index in [9.17, 15) is 0 Å². The fraction of sp³-hybridized carbons (Fsp3) is 0.360. The number of aryl methyl sites for hydroxylation is 1. The fourth-order valence-corrected chi connectivity index (χ4v) is 4.46. The largest absolute Gasteiger partial charge is 0.543 e. The Kier molecular flexibility index (Phi) is 5.33. The fourth-order valence-electron chi connectivity index (χ4n) is 3.38. The van der Waals surface area contributed by atoms with Crippen LogP contribution in [0.5, 0.6) is 11.5 Å². The van der Waals surface area contributed by atoms with E-state index in [0.29, 0.717) is 0 Å². The Labute approximate surface area is 170 Å². The van der Waals surface area contributed by atoms with E-state index in [-0.39, 0.29) is 5.04 Å². The quantitative estimate of drug-likeness (QED) is 0.427. The Morgan fingerprint density at radius 2 is 1.54 bits per heavy atom. The van der Waals surface area contributed by atoms with Crippen molar-refractivity contribution in [2.45, 2.75) is 52.8 Å². The molecule has 0 amide bonds. The van der Waals surface area contributed by atoms with E-state index < -0.39 is 8.32 Å². The summed E-state index contributed by atoms with van der Waals surface area (Å²) in [5.74, 6) is 1.91. The maximum atomic E-state index is 6.90. The molecule has 0 saturated heterocycles. The number of methoxy groups -OCH3 is 1. The molecule has 0 atom stereocenters. The van der Waals surface area contributed by atoms with E-state index in [1.807, 2.05) is 0 Å². The first-order chi connectivity index (χ1) is 13.1. The standard InChI is InChI=1S/C25H32O2Si/c1-17-16-22(26-6)18(2)23(24(17)27-28(7,8)25(3,4)5)21-15-11-13-19-12-9-10-14-20(19)21/h9-16H,1-8H3. The highest BCUT2D eigenvalue weighted by Crippen LogP contribution is 2.46. The SMILES string of the molecule is COc1cc(C)c(O[Si](C)(C)C(C)(C)C)c(-c2cccc3ccccc23)c1C. The minimum absolute atomic E-state index is 0.128. The molecular formula is C25H32O2Si. The van der Waals surface area contributed by atoms with Gasteiger partial charge < -0.3 is 9.16 Å². The van der Waals surface area contributed by atoms with Gasteiger partial charge in [-0.15, -0.1) is 0 Å². The molecule has 2 nitrogen and oxygen atoms in total. The molecule has 0 aliphatic carbocycles. The van der Waals surface area contributed by atoms with Gasteiger partial charge >= 0.3 is 0 Å². The highest BCUT2D eigenvalue weighted by molar-refractivity contribution is 6.74. The Hall–Kier alpha value is -2.26. The molecule has 0 aromatic heterocycles. The lowest BCUT2D eigenvalue weighted by Gasteiger charge is -2.38. The Morgan fingerprint density at radius 1 is 0.893 bits per heavy atom. The van der Waals surface area contributed by atoms with E-state index in [1.165, 1.54) is 16.3 Å². The molecule has 3 rings (SSSR count). The molecule has 0 bridgehead atoms. The van der Waals surface area contributed by atoms with Crippen molar-refractivity contribution in [2.24, 2.45) is 0 Å². The molecule has 0 aliphatic heterocycles. The van der Waals surface area contributed by atoms with Crippen LogP contribution in [0.4, 0.5) is 0 Å². The highest BCUT2D eigenvalue weighted by atomic mass is 28.4. The van der Waals surface area contributed by atoms with Crippen LogP contribution < -0.4 is 9.16 Å². The highest BCUT2D eigenvalue weighted by Gasteiger charge is 2.40. The van der Waals surface area contributed by atoms with Crippen LogP contribution in [0.2, 0.25) is 18.1 Å². The van der Waals surface area contributed by atoms with E-state index >= 15 is 0 Å². The van der Waals surface area contributed by atoms with Crippen LogP contribution in [-0.2, 0) is 0 Å². The van der Waals surface area contributed by atoms with Crippen LogP contribution in [0.25, 0.3) is 21.9 Å². The van der Waals surface area contributed by atoms with Crippen molar-refractivity contribution in [1.82, 2.24) is 0 Å². The normalized spacial score (nSPS) is 12.3. The maximum Gasteiger partial charge on any atom is 0.250 e. The van der Waals surface area contributed by atoms with Crippen LogP contribution in [0.3, 0.4) is 0 Å². The van der Waals surface area contributed by atoms with Gasteiger partial charge in [-0.2, -0.15) is 0 Å². The first-order valence-electron chi connectivity index (χ1n) is 9.92. The molecular weight excluding hydrogens is 360 g/mol. The lowest BCUT2D eigenvalue weighted by molar-refractivity contribution is 0.410. The van der Waals surface area contributed by atoms with Gasteiger partial charge in [-0.05, 0) is 59.9 Å². The van der Waals surface area contributed by atoms with Crippen LogP contribution >= 0.6 is 0 Å². The molecule has 0 fully saturated rings. The average Bonchev–Trinajstić information content (AvgIpc) is 2.63. The third-order valence-electron chi connectivity index (χ3n) is 6.12. The van der Waals surface area contributed by atoms with Crippen molar-refractivity contribution in [1.29, 1.82) is 0 Å². The lowest BCUT2D eigenvalue weighted by Crippen LogP contribution is -2.44. The van der Waals surface area contributed by atoms with Gasteiger partial charge in [-0.25, -0.2) is 0 Å². The van der Waals surface area contributed by atoms with Gasteiger partial charge in [0, 0.05) is 11.1 Å². The van der Waals surface area contributed by atoms with Crippen molar-refractivity contribution >= 4 is 19.1 Å². The van der Waals surface area contributed by atoms with Gasteiger partial charge in [0.25, 0.3) is 8.32 Å².